The van der Waals surface area contributed by atoms with Crippen molar-refractivity contribution < 1.29 is 29.7 Å². The standard InChI is InChI=1S/C11H16BNO6/c1-3-4-18-12(17)19-11(16)9-8(6-14)5-13-7(2)10(9)15/h3,5,11,14-17H,1,4,6H2,2H3. The maximum atomic E-state index is 9.82. The molecule has 0 bridgehead atoms. The van der Waals surface area contributed by atoms with Gasteiger partial charge < -0.3 is 29.7 Å². The van der Waals surface area contributed by atoms with Crippen LogP contribution < -0.4 is 0 Å². The maximum absolute atomic E-state index is 9.82. The third-order valence-electron chi connectivity index (χ3n) is 2.38. The molecule has 1 unspecified atom stereocenters. The highest BCUT2D eigenvalue weighted by Crippen LogP contribution is 2.30. The molecule has 1 aromatic rings. The predicted octanol–water partition coefficient (Wildman–Crippen LogP) is -0.225. The lowest BCUT2D eigenvalue weighted by atomic mass is 10.1. The van der Waals surface area contributed by atoms with Crippen molar-refractivity contribution in [2.45, 2.75) is 19.8 Å². The molecule has 1 rings (SSSR count). The van der Waals surface area contributed by atoms with E-state index in [4.69, 9.17) is 14.4 Å². The van der Waals surface area contributed by atoms with E-state index in [0.717, 1.165) is 0 Å². The lowest BCUT2D eigenvalue weighted by Crippen LogP contribution is -2.26. The SMILES string of the molecule is C=CCOB(O)OC(O)c1c(CO)cnc(C)c1O. The number of rotatable bonds is 7. The first-order chi connectivity index (χ1) is 9.01. The van der Waals surface area contributed by atoms with Gasteiger partial charge in [-0.1, -0.05) is 6.08 Å². The van der Waals surface area contributed by atoms with Gasteiger partial charge in [0.1, 0.15) is 5.75 Å². The Kier molecular flexibility index (Phi) is 5.93. The second kappa shape index (κ2) is 7.22. The van der Waals surface area contributed by atoms with E-state index < -0.39 is 20.2 Å². The van der Waals surface area contributed by atoms with Crippen LogP contribution >= 0.6 is 0 Å². The van der Waals surface area contributed by atoms with Gasteiger partial charge in [-0.2, -0.15) is 0 Å². The van der Waals surface area contributed by atoms with Crippen molar-refractivity contribution in [2.75, 3.05) is 6.61 Å². The number of aliphatic hydroxyl groups excluding tert-OH is 2. The molecule has 4 N–H and O–H groups in total. The topological polar surface area (TPSA) is 112 Å². The second-order valence-electron chi connectivity index (χ2n) is 3.71. The Bertz CT molecular complexity index is 441. The van der Waals surface area contributed by atoms with Crippen LogP contribution in [0.25, 0.3) is 0 Å². The van der Waals surface area contributed by atoms with E-state index in [1.165, 1.54) is 19.2 Å². The van der Waals surface area contributed by atoms with Gasteiger partial charge in [-0.15, -0.1) is 6.58 Å². The van der Waals surface area contributed by atoms with Crippen LogP contribution in [0.2, 0.25) is 0 Å². The van der Waals surface area contributed by atoms with E-state index in [2.05, 4.69) is 11.6 Å². The molecule has 1 aromatic heterocycles. The number of pyridine rings is 1. The van der Waals surface area contributed by atoms with Crippen LogP contribution in [-0.4, -0.2) is 39.3 Å². The summed E-state index contributed by atoms with van der Waals surface area (Å²) in [6, 6.07) is 0. The van der Waals surface area contributed by atoms with Gasteiger partial charge in [0.2, 0.25) is 0 Å². The van der Waals surface area contributed by atoms with Crippen molar-refractivity contribution in [1.29, 1.82) is 0 Å². The van der Waals surface area contributed by atoms with Gasteiger partial charge in [0, 0.05) is 11.8 Å². The first-order valence-corrected chi connectivity index (χ1v) is 5.53. The Balaban J connectivity index is 2.89. The first kappa shape index (κ1) is 15.6. The Hall–Kier alpha value is -1.45. The molecule has 0 amide bonds. The van der Waals surface area contributed by atoms with Crippen LogP contribution in [0.1, 0.15) is 23.1 Å². The average molecular weight is 269 g/mol. The van der Waals surface area contributed by atoms with Gasteiger partial charge in [-0.3, -0.25) is 4.98 Å². The summed E-state index contributed by atoms with van der Waals surface area (Å²) in [4.78, 5) is 3.84. The third kappa shape index (κ3) is 4.02. The average Bonchev–Trinajstić information content (AvgIpc) is 2.39. The van der Waals surface area contributed by atoms with Crippen molar-refractivity contribution in [1.82, 2.24) is 4.98 Å². The summed E-state index contributed by atoms with van der Waals surface area (Å²) >= 11 is 0. The minimum absolute atomic E-state index is 0.0299. The Morgan fingerprint density at radius 2 is 2.26 bits per heavy atom. The van der Waals surface area contributed by atoms with Crippen molar-refractivity contribution in [3.8, 4) is 5.75 Å². The fourth-order valence-corrected chi connectivity index (χ4v) is 1.42. The number of hydrogen-bond acceptors (Lipinski definition) is 7. The quantitative estimate of drug-likeness (QED) is 0.307. The van der Waals surface area contributed by atoms with Crippen LogP contribution in [0.5, 0.6) is 5.75 Å². The lowest BCUT2D eigenvalue weighted by molar-refractivity contribution is -0.0583. The zero-order chi connectivity index (χ0) is 14.4. The molecule has 0 aromatic carbocycles. The number of hydrogen-bond donors (Lipinski definition) is 4. The van der Waals surface area contributed by atoms with Gasteiger partial charge in [-0.05, 0) is 6.92 Å². The smallest absolute Gasteiger partial charge is 0.506 e. The highest BCUT2D eigenvalue weighted by Gasteiger charge is 2.26. The number of aromatic nitrogens is 1. The first-order valence-electron chi connectivity index (χ1n) is 5.53. The van der Waals surface area contributed by atoms with Crippen LogP contribution in [0.15, 0.2) is 18.9 Å². The zero-order valence-corrected chi connectivity index (χ0v) is 10.5. The molecule has 0 spiro atoms. The summed E-state index contributed by atoms with van der Waals surface area (Å²) < 4.78 is 9.48. The number of aliphatic hydroxyl groups is 2. The molecular weight excluding hydrogens is 253 g/mol. The second-order valence-corrected chi connectivity index (χ2v) is 3.71. The van der Waals surface area contributed by atoms with Crippen LogP contribution in [-0.2, 0) is 15.9 Å². The molecular formula is C11H16BNO6. The van der Waals surface area contributed by atoms with E-state index >= 15 is 0 Å². The Morgan fingerprint density at radius 3 is 2.84 bits per heavy atom. The van der Waals surface area contributed by atoms with Crippen LogP contribution in [0.4, 0.5) is 0 Å². The van der Waals surface area contributed by atoms with Crippen molar-refractivity contribution in [2.24, 2.45) is 0 Å². The van der Waals surface area contributed by atoms with E-state index in [0.29, 0.717) is 0 Å². The molecule has 0 aliphatic rings. The monoisotopic (exact) mass is 269 g/mol. The van der Waals surface area contributed by atoms with Gasteiger partial charge in [0.05, 0.1) is 24.5 Å². The fraction of sp³-hybridized carbons (Fsp3) is 0.364. The minimum Gasteiger partial charge on any atom is -0.506 e. The third-order valence-corrected chi connectivity index (χ3v) is 2.38. The van der Waals surface area contributed by atoms with E-state index in [1.54, 1.807) is 0 Å². The molecule has 7 nitrogen and oxygen atoms in total. The molecule has 0 radical (unpaired) electrons. The zero-order valence-electron chi connectivity index (χ0n) is 10.5. The summed E-state index contributed by atoms with van der Waals surface area (Å²) in [5.74, 6) is -0.310. The molecule has 19 heavy (non-hydrogen) atoms. The molecule has 0 saturated carbocycles. The normalized spacial score (nSPS) is 12.2. The lowest BCUT2D eigenvalue weighted by Gasteiger charge is -2.18. The molecule has 1 atom stereocenters. The molecule has 104 valence electrons. The van der Waals surface area contributed by atoms with Gasteiger partial charge in [0.15, 0.2) is 6.29 Å². The molecule has 8 heteroatoms. The molecule has 0 aliphatic carbocycles. The number of aromatic hydroxyl groups is 1. The fourth-order valence-electron chi connectivity index (χ4n) is 1.42. The van der Waals surface area contributed by atoms with E-state index in [9.17, 15) is 15.2 Å². The van der Waals surface area contributed by atoms with E-state index in [-0.39, 0.29) is 29.2 Å². The molecule has 0 saturated heterocycles. The van der Waals surface area contributed by atoms with E-state index in [1.807, 2.05) is 0 Å². The van der Waals surface area contributed by atoms with Crippen LogP contribution in [0, 0.1) is 6.92 Å². The Labute approximate surface area is 110 Å². The summed E-state index contributed by atoms with van der Waals surface area (Å²) in [7, 11) is -1.69. The van der Waals surface area contributed by atoms with Gasteiger partial charge in [-0.25, -0.2) is 0 Å². The summed E-state index contributed by atoms with van der Waals surface area (Å²) in [5.41, 5.74) is 0.388. The number of aryl methyl sites for hydroxylation is 1. The maximum Gasteiger partial charge on any atom is 0.639 e. The van der Waals surface area contributed by atoms with Crippen molar-refractivity contribution in [3.63, 3.8) is 0 Å². The summed E-state index contributed by atoms with van der Waals surface area (Å²) in [6.45, 7) is 4.50. The molecule has 0 fully saturated rings. The number of nitrogens with zero attached hydrogens (tertiary/aromatic N) is 1. The molecule has 1 heterocycles. The minimum atomic E-state index is -1.69. The van der Waals surface area contributed by atoms with Crippen molar-refractivity contribution in [3.05, 3.63) is 35.7 Å². The van der Waals surface area contributed by atoms with Crippen molar-refractivity contribution >= 4 is 7.32 Å². The molecule has 0 aliphatic heterocycles. The highest BCUT2D eigenvalue weighted by molar-refractivity contribution is 6.34. The van der Waals surface area contributed by atoms with Gasteiger partial charge in [0.25, 0.3) is 0 Å². The summed E-state index contributed by atoms with van der Waals surface area (Å²) in [5, 5.41) is 38.1. The highest BCUT2D eigenvalue weighted by atomic mass is 16.7. The van der Waals surface area contributed by atoms with Crippen LogP contribution in [0.3, 0.4) is 0 Å². The Morgan fingerprint density at radius 1 is 1.58 bits per heavy atom. The summed E-state index contributed by atoms with van der Waals surface area (Å²) in [6.07, 6.45) is 1.03. The predicted molar refractivity (Wildman–Crippen MR) is 66.7 cm³/mol. The van der Waals surface area contributed by atoms with Gasteiger partial charge >= 0.3 is 7.32 Å². The largest absolute Gasteiger partial charge is 0.639 e.